The summed E-state index contributed by atoms with van der Waals surface area (Å²) in [5.74, 6) is 0.508. The molecule has 0 aromatic carbocycles. The van der Waals surface area contributed by atoms with E-state index in [-0.39, 0.29) is 5.92 Å². The summed E-state index contributed by atoms with van der Waals surface area (Å²) in [4.78, 5) is 0. The minimum Gasteiger partial charge on any atom is -0.392 e. The second kappa shape index (κ2) is 5.19. The van der Waals surface area contributed by atoms with Gasteiger partial charge in [0.2, 0.25) is 0 Å². The number of aliphatic hydroxyl groups is 1. The van der Waals surface area contributed by atoms with Crippen molar-refractivity contribution in [1.82, 2.24) is 0 Å². The van der Waals surface area contributed by atoms with Gasteiger partial charge in [0.05, 0.1) is 12.5 Å². The normalized spacial score (nSPS) is 30.2. The first kappa shape index (κ1) is 12.8. The Morgan fingerprint density at radius 3 is 2.13 bits per heavy atom. The van der Waals surface area contributed by atoms with E-state index in [2.05, 4.69) is 6.92 Å². The van der Waals surface area contributed by atoms with Crippen molar-refractivity contribution in [2.45, 2.75) is 57.7 Å². The topological polar surface area (TPSA) is 20.2 Å². The third-order valence-corrected chi connectivity index (χ3v) is 3.45. The van der Waals surface area contributed by atoms with Gasteiger partial charge in [-0.15, -0.1) is 0 Å². The number of hydrogen-bond donors (Lipinski definition) is 1. The van der Waals surface area contributed by atoms with Crippen molar-refractivity contribution in [3.05, 3.63) is 0 Å². The van der Waals surface area contributed by atoms with Gasteiger partial charge in [0.1, 0.15) is 0 Å². The summed E-state index contributed by atoms with van der Waals surface area (Å²) in [5, 5.41) is 9.45. The van der Waals surface area contributed by atoms with Crippen LogP contribution < -0.4 is 0 Å². The molecule has 1 aliphatic rings. The first-order valence-electron chi connectivity index (χ1n) is 5.67. The lowest BCUT2D eigenvalue weighted by molar-refractivity contribution is -0.161. The van der Waals surface area contributed by atoms with E-state index in [1.807, 2.05) is 0 Å². The predicted molar refractivity (Wildman–Crippen MR) is 52.4 cm³/mol. The van der Waals surface area contributed by atoms with Gasteiger partial charge < -0.3 is 5.11 Å². The summed E-state index contributed by atoms with van der Waals surface area (Å²) >= 11 is 0. The summed E-state index contributed by atoms with van der Waals surface area (Å²) in [6, 6.07) is 0. The molecule has 15 heavy (non-hydrogen) atoms. The van der Waals surface area contributed by atoms with Crippen LogP contribution in [0.5, 0.6) is 0 Å². The van der Waals surface area contributed by atoms with Crippen LogP contribution >= 0.6 is 0 Å². The predicted octanol–water partition coefficient (Wildman–Crippen LogP) is 3.52. The van der Waals surface area contributed by atoms with Gasteiger partial charge in [-0.1, -0.05) is 26.2 Å². The van der Waals surface area contributed by atoms with E-state index in [0.29, 0.717) is 5.92 Å². The molecular formula is C11H19F3O. The average molecular weight is 224 g/mol. The fourth-order valence-electron chi connectivity index (χ4n) is 2.39. The molecule has 90 valence electrons. The maximum absolute atomic E-state index is 12.0. The zero-order valence-electron chi connectivity index (χ0n) is 9.06. The van der Waals surface area contributed by atoms with Gasteiger partial charge in [-0.3, -0.25) is 0 Å². The van der Waals surface area contributed by atoms with Gasteiger partial charge in [-0.2, -0.15) is 13.2 Å². The van der Waals surface area contributed by atoms with Crippen LogP contribution in [0, 0.1) is 11.8 Å². The van der Waals surface area contributed by atoms with E-state index in [1.54, 1.807) is 0 Å². The van der Waals surface area contributed by atoms with E-state index in [1.165, 1.54) is 0 Å². The Morgan fingerprint density at radius 2 is 1.73 bits per heavy atom. The molecule has 1 atom stereocenters. The Bertz CT molecular complexity index is 183. The fourth-order valence-corrected chi connectivity index (χ4v) is 2.39. The van der Waals surface area contributed by atoms with Crippen LogP contribution in [0.2, 0.25) is 0 Å². The Hall–Kier alpha value is -0.250. The number of aliphatic hydroxyl groups excluding tert-OH is 1. The van der Waals surface area contributed by atoms with Gasteiger partial charge in [-0.25, -0.2) is 0 Å². The van der Waals surface area contributed by atoms with E-state index in [9.17, 15) is 18.3 Å². The number of rotatable bonds is 3. The van der Waals surface area contributed by atoms with Crippen LogP contribution in [0.15, 0.2) is 0 Å². The average Bonchev–Trinajstić information content (AvgIpc) is 2.15. The summed E-state index contributed by atoms with van der Waals surface area (Å²) in [5.41, 5.74) is 0. The highest BCUT2D eigenvalue weighted by atomic mass is 19.4. The van der Waals surface area contributed by atoms with Crippen LogP contribution in [-0.4, -0.2) is 17.4 Å². The second-order valence-electron chi connectivity index (χ2n) is 4.58. The van der Waals surface area contributed by atoms with Crippen molar-refractivity contribution >= 4 is 0 Å². The zero-order chi connectivity index (χ0) is 11.5. The molecule has 1 rings (SSSR count). The quantitative estimate of drug-likeness (QED) is 0.777. The van der Waals surface area contributed by atoms with Gasteiger partial charge in [0, 0.05) is 0 Å². The molecule has 0 bridgehead atoms. The van der Waals surface area contributed by atoms with Crippen LogP contribution in [0.1, 0.15) is 45.4 Å². The highest BCUT2D eigenvalue weighted by Gasteiger charge is 2.35. The molecule has 1 saturated carbocycles. The largest absolute Gasteiger partial charge is 0.392 e. The third kappa shape index (κ3) is 4.41. The van der Waals surface area contributed by atoms with Crippen LogP contribution in [0.4, 0.5) is 13.2 Å². The number of hydrogen-bond acceptors (Lipinski definition) is 1. The number of halogens is 3. The Labute approximate surface area is 88.7 Å². The molecule has 0 radical (unpaired) electrons. The SMILES string of the molecule is CCC1CCC(C(O)CC(F)(F)F)CC1. The first-order valence-corrected chi connectivity index (χ1v) is 5.67. The Balaban J connectivity index is 2.33. The maximum atomic E-state index is 12.0. The maximum Gasteiger partial charge on any atom is 0.391 e. The molecule has 0 spiro atoms. The van der Waals surface area contributed by atoms with Gasteiger partial charge in [-0.05, 0) is 24.7 Å². The molecule has 1 nitrogen and oxygen atoms in total. The van der Waals surface area contributed by atoms with E-state index >= 15 is 0 Å². The number of alkyl halides is 3. The highest BCUT2D eigenvalue weighted by molar-refractivity contribution is 4.78. The van der Waals surface area contributed by atoms with Gasteiger partial charge >= 0.3 is 6.18 Å². The monoisotopic (exact) mass is 224 g/mol. The molecule has 0 aliphatic heterocycles. The molecule has 0 aromatic rings. The summed E-state index contributed by atoms with van der Waals surface area (Å²) < 4.78 is 36.1. The van der Waals surface area contributed by atoms with Gasteiger partial charge in [0.25, 0.3) is 0 Å². The van der Waals surface area contributed by atoms with Gasteiger partial charge in [0.15, 0.2) is 0 Å². The second-order valence-corrected chi connectivity index (χ2v) is 4.58. The smallest absolute Gasteiger partial charge is 0.391 e. The highest BCUT2D eigenvalue weighted by Crippen LogP contribution is 2.35. The first-order chi connectivity index (χ1) is 6.92. The van der Waals surface area contributed by atoms with E-state index in [4.69, 9.17) is 0 Å². The molecule has 0 aromatic heterocycles. The summed E-state index contributed by atoms with van der Waals surface area (Å²) in [7, 11) is 0. The van der Waals surface area contributed by atoms with Crippen molar-refractivity contribution in [3.8, 4) is 0 Å². The fraction of sp³-hybridized carbons (Fsp3) is 1.00. The molecule has 0 heterocycles. The summed E-state index contributed by atoms with van der Waals surface area (Å²) in [6.45, 7) is 2.11. The van der Waals surface area contributed by atoms with Crippen LogP contribution in [0.3, 0.4) is 0 Å². The molecule has 4 heteroatoms. The molecular weight excluding hydrogens is 205 g/mol. The standard InChI is InChI=1S/C11H19F3O/c1-2-8-3-5-9(6-4-8)10(15)7-11(12,13)14/h8-10,15H,2-7H2,1H3. The lowest BCUT2D eigenvalue weighted by atomic mass is 9.78. The Kier molecular flexibility index (Phi) is 4.44. The van der Waals surface area contributed by atoms with Crippen LogP contribution in [0.25, 0.3) is 0 Å². The van der Waals surface area contributed by atoms with Crippen molar-refractivity contribution in [2.75, 3.05) is 0 Å². The third-order valence-electron chi connectivity index (χ3n) is 3.45. The van der Waals surface area contributed by atoms with Crippen molar-refractivity contribution in [1.29, 1.82) is 0 Å². The zero-order valence-corrected chi connectivity index (χ0v) is 9.06. The van der Waals surface area contributed by atoms with E-state index in [0.717, 1.165) is 32.1 Å². The molecule has 1 unspecified atom stereocenters. The molecule has 0 saturated heterocycles. The molecule has 0 amide bonds. The summed E-state index contributed by atoms with van der Waals surface area (Å²) in [6.07, 6.45) is -1.95. The van der Waals surface area contributed by atoms with Crippen LogP contribution in [-0.2, 0) is 0 Å². The van der Waals surface area contributed by atoms with Crippen molar-refractivity contribution < 1.29 is 18.3 Å². The van der Waals surface area contributed by atoms with Crippen molar-refractivity contribution in [3.63, 3.8) is 0 Å². The molecule has 1 fully saturated rings. The minimum atomic E-state index is -4.24. The molecule has 1 aliphatic carbocycles. The van der Waals surface area contributed by atoms with E-state index < -0.39 is 18.7 Å². The van der Waals surface area contributed by atoms with Crippen molar-refractivity contribution in [2.24, 2.45) is 11.8 Å². The minimum absolute atomic E-state index is 0.144. The lowest BCUT2D eigenvalue weighted by Gasteiger charge is -2.31. The Morgan fingerprint density at radius 1 is 1.20 bits per heavy atom. The lowest BCUT2D eigenvalue weighted by Crippen LogP contribution is -2.30. The molecule has 1 N–H and O–H groups in total.